The lowest BCUT2D eigenvalue weighted by molar-refractivity contribution is 0.0677. The summed E-state index contributed by atoms with van der Waals surface area (Å²) in [5.74, 6) is 0.101. The van der Waals surface area contributed by atoms with Crippen LogP contribution in [0.5, 0.6) is 17.2 Å². The number of carbonyl (C=O) groups is 1. The Labute approximate surface area is 181 Å². The number of halogens is 1. The van der Waals surface area contributed by atoms with Gasteiger partial charge >= 0.3 is 0 Å². The molecule has 0 saturated carbocycles. The standard InChI is InChI=1S/C21H20BrN3O5/c1-29-8-7-25-19(11-9-13(22)20(27)15(10-11)30-2)16-17(23-24-18(16)21(25)28)12-5-3-4-6-14(12)26/h3-6,9-10,19,26-27H,7-8H2,1-2H3,(H,23,24). The van der Waals surface area contributed by atoms with Crippen molar-refractivity contribution in [3.63, 3.8) is 0 Å². The number of ether oxygens (including phenoxy) is 2. The smallest absolute Gasteiger partial charge is 0.273 e. The number of nitrogens with zero attached hydrogens (tertiary/aromatic N) is 2. The Kier molecular flexibility index (Phi) is 5.40. The summed E-state index contributed by atoms with van der Waals surface area (Å²) < 4.78 is 10.9. The summed E-state index contributed by atoms with van der Waals surface area (Å²) in [5, 5.41) is 27.8. The Morgan fingerprint density at radius 3 is 2.70 bits per heavy atom. The molecule has 2 aromatic carbocycles. The van der Waals surface area contributed by atoms with Crippen molar-refractivity contribution in [1.82, 2.24) is 15.1 Å². The predicted octanol–water partition coefficient (Wildman–Crippen LogP) is 3.45. The van der Waals surface area contributed by atoms with E-state index in [-0.39, 0.29) is 23.2 Å². The van der Waals surface area contributed by atoms with E-state index in [0.29, 0.717) is 40.1 Å². The molecule has 1 aliphatic heterocycles. The van der Waals surface area contributed by atoms with Crippen LogP contribution in [0, 0.1) is 0 Å². The van der Waals surface area contributed by atoms with Gasteiger partial charge in [-0.2, -0.15) is 5.10 Å². The normalized spacial score (nSPS) is 15.5. The number of fused-ring (bicyclic) bond motifs is 1. The Bertz CT molecular complexity index is 1110. The minimum Gasteiger partial charge on any atom is -0.507 e. The van der Waals surface area contributed by atoms with E-state index in [4.69, 9.17) is 9.47 Å². The van der Waals surface area contributed by atoms with Crippen molar-refractivity contribution in [2.24, 2.45) is 0 Å². The average Bonchev–Trinajstić information content (AvgIpc) is 3.28. The second-order valence-electron chi connectivity index (χ2n) is 6.83. The van der Waals surface area contributed by atoms with Gasteiger partial charge in [0.05, 0.1) is 24.2 Å². The fraction of sp³-hybridized carbons (Fsp3) is 0.238. The SMILES string of the molecule is COCCN1C(=O)c2[nH]nc(-c3ccccc3O)c2C1c1cc(Br)c(O)c(OC)c1. The van der Waals surface area contributed by atoms with E-state index in [1.165, 1.54) is 7.11 Å². The maximum Gasteiger partial charge on any atom is 0.273 e. The van der Waals surface area contributed by atoms with Crippen LogP contribution >= 0.6 is 15.9 Å². The highest BCUT2D eigenvalue weighted by molar-refractivity contribution is 9.10. The fourth-order valence-electron chi connectivity index (χ4n) is 3.75. The first-order chi connectivity index (χ1) is 14.5. The lowest BCUT2D eigenvalue weighted by atomic mass is 9.95. The zero-order chi connectivity index (χ0) is 21.4. The number of aromatic hydroxyl groups is 2. The molecule has 1 atom stereocenters. The van der Waals surface area contributed by atoms with Crippen molar-refractivity contribution in [2.75, 3.05) is 27.4 Å². The van der Waals surface area contributed by atoms with E-state index >= 15 is 0 Å². The van der Waals surface area contributed by atoms with Gasteiger partial charge in [-0.05, 0) is 45.8 Å². The molecule has 2 heterocycles. The molecule has 1 aromatic heterocycles. The number of phenols is 2. The number of amides is 1. The molecule has 1 aliphatic rings. The third-order valence-corrected chi connectivity index (χ3v) is 5.75. The number of hydrogen-bond donors (Lipinski definition) is 3. The third kappa shape index (κ3) is 3.20. The van der Waals surface area contributed by atoms with Crippen molar-refractivity contribution in [3.8, 4) is 28.5 Å². The van der Waals surface area contributed by atoms with Gasteiger partial charge in [0, 0.05) is 24.8 Å². The van der Waals surface area contributed by atoms with Crippen LogP contribution in [0.15, 0.2) is 40.9 Å². The van der Waals surface area contributed by atoms with Crippen LogP contribution in [0.2, 0.25) is 0 Å². The summed E-state index contributed by atoms with van der Waals surface area (Å²) >= 11 is 3.36. The number of aromatic amines is 1. The molecule has 9 heteroatoms. The zero-order valence-corrected chi connectivity index (χ0v) is 17.9. The highest BCUT2D eigenvalue weighted by Gasteiger charge is 2.42. The molecule has 0 aliphatic carbocycles. The summed E-state index contributed by atoms with van der Waals surface area (Å²) in [5.41, 5.74) is 2.74. The van der Waals surface area contributed by atoms with E-state index in [1.807, 2.05) is 0 Å². The third-order valence-electron chi connectivity index (χ3n) is 5.15. The molecule has 0 spiro atoms. The number of methoxy groups -OCH3 is 2. The van der Waals surface area contributed by atoms with Gasteiger partial charge in [-0.25, -0.2) is 0 Å². The molecule has 3 N–H and O–H groups in total. The van der Waals surface area contributed by atoms with Crippen LogP contribution < -0.4 is 4.74 Å². The second kappa shape index (κ2) is 8.00. The molecule has 0 bridgehead atoms. The molecule has 30 heavy (non-hydrogen) atoms. The fourth-order valence-corrected chi connectivity index (χ4v) is 4.21. The van der Waals surface area contributed by atoms with Crippen LogP contribution in [0.1, 0.15) is 27.7 Å². The van der Waals surface area contributed by atoms with Crippen molar-refractivity contribution >= 4 is 21.8 Å². The van der Waals surface area contributed by atoms with E-state index in [2.05, 4.69) is 26.1 Å². The number of rotatable bonds is 6. The van der Waals surface area contributed by atoms with Gasteiger partial charge in [0.15, 0.2) is 11.5 Å². The van der Waals surface area contributed by atoms with Crippen molar-refractivity contribution in [1.29, 1.82) is 0 Å². The second-order valence-corrected chi connectivity index (χ2v) is 7.68. The largest absolute Gasteiger partial charge is 0.507 e. The molecule has 1 unspecified atom stereocenters. The molecule has 1 amide bonds. The number of para-hydroxylation sites is 1. The Balaban J connectivity index is 1.93. The maximum atomic E-state index is 13.2. The number of hydrogen-bond acceptors (Lipinski definition) is 6. The Morgan fingerprint density at radius 2 is 2.00 bits per heavy atom. The molecule has 156 valence electrons. The summed E-state index contributed by atoms with van der Waals surface area (Å²) in [7, 11) is 3.04. The van der Waals surface area contributed by atoms with E-state index in [0.717, 1.165) is 5.56 Å². The van der Waals surface area contributed by atoms with Crippen molar-refractivity contribution < 1.29 is 24.5 Å². The topological polar surface area (TPSA) is 108 Å². The lowest BCUT2D eigenvalue weighted by Crippen LogP contribution is -2.32. The lowest BCUT2D eigenvalue weighted by Gasteiger charge is -2.26. The first kappa shape index (κ1) is 20.2. The number of benzene rings is 2. The minimum atomic E-state index is -0.512. The average molecular weight is 474 g/mol. The molecule has 0 radical (unpaired) electrons. The van der Waals surface area contributed by atoms with Crippen molar-refractivity contribution in [2.45, 2.75) is 6.04 Å². The van der Waals surface area contributed by atoms with Gasteiger partial charge < -0.3 is 24.6 Å². The van der Waals surface area contributed by atoms with Gasteiger partial charge in [-0.15, -0.1) is 0 Å². The summed E-state index contributed by atoms with van der Waals surface area (Å²) in [6, 6.07) is 9.76. The quantitative estimate of drug-likeness (QED) is 0.505. The summed E-state index contributed by atoms with van der Waals surface area (Å²) in [6.07, 6.45) is 0. The summed E-state index contributed by atoms with van der Waals surface area (Å²) in [4.78, 5) is 14.8. The molecule has 4 rings (SSSR count). The van der Waals surface area contributed by atoms with Crippen LogP contribution in [-0.4, -0.2) is 58.6 Å². The molecule has 8 nitrogen and oxygen atoms in total. The highest BCUT2D eigenvalue weighted by atomic mass is 79.9. The summed E-state index contributed by atoms with van der Waals surface area (Å²) in [6.45, 7) is 0.700. The molecule has 0 fully saturated rings. The van der Waals surface area contributed by atoms with E-state index in [9.17, 15) is 15.0 Å². The maximum absolute atomic E-state index is 13.2. The molecular formula is C21H20BrN3O5. The Hall–Kier alpha value is -3.04. The monoisotopic (exact) mass is 473 g/mol. The van der Waals surface area contributed by atoms with E-state index in [1.54, 1.807) is 48.4 Å². The van der Waals surface area contributed by atoms with Gasteiger partial charge in [-0.3, -0.25) is 9.89 Å². The number of nitrogens with one attached hydrogen (secondary N) is 1. The number of phenolic OH excluding ortho intramolecular Hbond substituents is 2. The van der Waals surface area contributed by atoms with Crippen LogP contribution in [0.25, 0.3) is 11.3 Å². The number of carbonyl (C=O) groups excluding carboxylic acids is 1. The number of aromatic nitrogens is 2. The van der Waals surface area contributed by atoms with Crippen LogP contribution in [-0.2, 0) is 4.74 Å². The predicted molar refractivity (Wildman–Crippen MR) is 113 cm³/mol. The first-order valence-corrected chi connectivity index (χ1v) is 10.00. The minimum absolute atomic E-state index is 0.0256. The van der Waals surface area contributed by atoms with Crippen LogP contribution in [0.3, 0.4) is 0 Å². The molecule has 3 aromatic rings. The van der Waals surface area contributed by atoms with Gasteiger partial charge in [0.2, 0.25) is 0 Å². The van der Waals surface area contributed by atoms with Gasteiger partial charge in [-0.1, -0.05) is 12.1 Å². The van der Waals surface area contributed by atoms with Gasteiger partial charge in [0.25, 0.3) is 5.91 Å². The number of H-pyrrole nitrogens is 1. The Morgan fingerprint density at radius 1 is 1.23 bits per heavy atom. The van der Waals surface area contributed by atoms with E-state index < -0.39 is 6.04 Å². The molecular weight excluding hydrogens is 454 g/mol. The van der Waals surface area contributed by atoms with Crippen molar-refractivity contribution in [3.05, 3.63) is 57.7 Å². The zero-order valence-electron chi connectivity index (χ0n) is 16.3. The molecule has 0 saturated heterocycles. The first-order valence-electron chi connectivity index (χ1n) is 9.20. The van der Waals surface area contributed by atoms with Gasteiger partial charge in [0.1, 0.15) is 17.1 Å². The highest BCUT2D eigenvalue weighted by Crippen LogP contribution is 2.47. The van der Waals surface area contributed by atoms with Crippen LogP contribution in [0.4, 0.5) is 0 Å².